The van der Waals surface area contributed by atoms with Crippen molar-refractivity contribution in [2.24, 2.45) is 5.73 Å². The molecule has 0 radical (unpaired) electrons. The maximum Gasteiger partial charge on any atom is 0.175 e. The van der Waals surface area contributed by atoms with Gasteiger partial charge in [0.1, 0.15) is 0 Å². The maximum absolute atomic E-state index is 11.4. The predicted molar refractivity (Wildman–Crippen MR) is 77.6 cm³/mol. The first kappa shape index (κ1) is 13.7. The van der Waals surface area contributed by atoms with Gasteiger partial charge in [0, 0.05) is 16.1 Å². The van der Waals surface area contributed by atoms with Gasteiger partial charge in [-0.05, 0) is 44.6 Å². The second-order valence-corrected chi connectivity index (χ2v) is 7.61. The fourth-order valence-electron chi connectivity index (χ4n) is 1.62. The van der Waals surface area contributed by atoms with E-state index in [9.17, 15) is 8.42 Å². The number of benzene rings is 1. The lowest BCUT2D eigenvalue weighted by Gasteiger charge is -2.12. The predicted octanol–water partition coefficient (Wildman–Crippen LogP) is 2.96. The first-order valence-corrected chi connectivity index (χ1v) is 8.79. The minimum atomic E-state index is -3.16. The number of rotatable bonds is 3. The molecule has 1 aromatic carbocycles. The maximum atomic E-state index is 11.4. The van der Waals surface area contributed by atoms with Crippen molar-refractivity contribution < 1.29 is 8.42 Å². The van der Waals surface area contributed by atoms with Gasteiger partial charge < -0.3 is 5.73 Å². The first-order chi connectivity index (χ1) is 8.39. The highest BCUT2D eigenvalue weighted by atomic mass is 79.9. The van der Waals surface area contributed by atoms with Crippen LogP contribution in [0.3, 0.4) is 0 Å². The van der Waals surface area contributed by atoms with Gasteiger partial charge in [0.2, 0.25) is 0 Å². The van der Waals surface area contributed by atoms with Gasteiger partial charge in [-0.2, -0.15) is 11.3 Å². The zero-order chi connectivity index (χ0) is 13.3. The number of hydrogen-bond donors (Lipinski definition) is 1. The van der Waals surface area contributed by atoms with Gasteiger partial charge >= 0.3 is 0 Å². The average molecular weight is 346 g/mol. The van der Waals surface area contributed by atoms with Gasteiger partial charge in [0.25, 0.3) is 0 Å². The number of halogens is 1. The summed E-state index contributed by atoms with van der Waals surface area (Å²) < 4.78 is 23.7. The largest absolute Gasteiger partial charge is 0.320 e. The van der Waals surface area contributed by atoms with E-state index in [0.717, 1.165) is 15.6 Å². The third kappa shape index (κ3) is 2.83. The van der Waals surface area contributed by atoms with Crippen LogP contribution >= 0.6 is 27.3 Å². The third-order valence-corrected chi connectivity index (χ3v) is 5.52. The smallest absolute Gasteiger partial charge is 0.175 e. The molecule has 0 saturated heterocycles. The molecule has 18 heavy (non-hydrogen) atoms. The van der Waals surface area contributed by atoms with E-state index in [2.05, 4.69) is 15.9 Å². The van der Waals surface area contributed by atoms with Crippen LogP contribution in [0.1, 0.15) is 17.2 Å². The van der Waals surface area contributed by atoms with Gasteiger partial charge in [0.15, 0.2) is 9.84 Å². The lowest BCUT2D eigenvalue weighted by molar-refractivity contribution is 0.602. The normalized spacial score (nSPS) is 13.5. The molecule has 0 amide bonds. The molecule has 6 heteroatoms. The summed E-state index contributed by atoms with van der Waals surface area (Å²) in [5.74, 6) is 0. The Bertz CT molecular complexity index is 647. The Morgan fingerprint density at radius 3 is 2.28 bits per heavy atom. The van der Waals surface area contributed by atoms with Crippen molar-refractivity contribution in [3.63, 3.8) is 0 Å². The molecule has 1 aromatic heterocycles. The van der Waals surface area contributed by atoms with Crippen LogP contribution in [0, 0.1) is 0 Å². The molecule has 0 spiro atoms. The average Bonchev–Trinajstić information content (AvgIpc) is 2.73. The Hall–Kier alpha value is -0.690. The first-order valence-electron chi connectivity index (χ1n) is 5.17. The zero-order valence-corrected chi connectivity index (χ0v) is 12.8. The van der Waals surface area contributed by atoms with Gasteiger partial charge in [0.05, 0.1) is 10.9 Å². The lowest BCUT2D eigenvalue weighted by Crippen LogP contribution is -2.11. The molecule has 2 N–H and O–H groups in total. The Balaban J connectivity index is 2.33. The number of sulfone groups is 1. The van der Waals surface area contributed by atoms with E-state index in [0.29, 0.717) is 4.90 Å². The van der Waals surface area contributed by atoms with E-state index in [1.807, 2.05) is 10.8 Å². The highest BCUT2D eigenvalue weighted by Gasteiger charge is 2.14. The van der Waals surface area contributed by atoms with E-state index in [1.54, 1.807) is 35.6 Å². The van der Waals surface area contributed by atoms with Crippen LogP contribution in [-0.2, 0) is 9.84 Å². The highest BCUT2D eigenvalue weighted by molar-refractivity contribution is 9.10. The van der Waals surface area contributed by atoms with Crippen LogP contribution < -0.4 is 5.73 Å². The van der Waals surface area contributed by atoms with E-state index in [1.165, 1.54) is 6.26 Å². The number of nitrogens with two attached hydrogens (primary N) is 1. The van der Waals surface area contributed by atoms with Crippen molar-refractivity contribution in [3.05, 3.63) is 50.6 Å². The molecular weight excluding hydrogens is 334 g/mol. The molecule has 0 aliphatic heterocycles. The molecular formula is C12H12BrNO2S2. The van der Waals surface area contributed by atoms with Gasteiger partial charge in [-0.1, -0.05) is 12.1 Å². The van der Waals surface area contributed by atoms with Crippen molar-refractivity contribution in [2.75, 3.05) is 6.26 Å². The second kappa shape index (κ2) is 5.13. The summed E-state index contributed by atoms with van der Waals surface area (Å²) in [5, 5.41) is 3.96. The standard InChI is InChI=1S/C12H12BrNO2S2/c1-18(15,16)9-4-2-8(3-5-9)12(14)10-6-17-7-11(10)13/h2-7,12H,14H2,1H3. The second-order valence-electron chi connectivity index (χ2n) is 3.99. The molecule has 2 aromatic rings. The fraction of sp³-hybridized carbons (Fsp3) is 0.167. The molecule has 1 heterocycles. The minimum absolute atomic E-state index is 0.251. The molecule has 1 unspecified atom stereocenters. The lowest BCUT2D eigenvalue weighted by atomic mass is 10.0. The van der Waals surface area contributed by atoms with E-state index < -0.39 is 9.84 Å². The summed E-state index contributed by atoms with van der Waals surface area (Å²) in [6.07, 6.45) is 1.19. The Kier molecular flexibility index (Phi) is 3.91. The Morgan fingerprint density at radius 1 is 1.22 bits per heavy atom. The SMILES string of the molecule is CS(=O)(=O)c1ccc(C(N)c2cscc2Br)cc1. The molecule has 0 bridgehead atoms. The van der Waals surface area contributed by atoms with Crippen molar-refractivity contribution in [1.29, 1.82) is 0 Å². The van der Waals surface area contributed by atoms with Crippen molar-refractivity contribution >= 4 is 37.1 Å². The number of hydrogen-bond acceptors (Lipinski definition) is 4. The van der Waals surface area contributed by atoms with Crippen LogP contribution in [0.15, 0.2) is 44.4 Å². The van der Waals surface area contributed by atoms with Crippen LogP contribution in [-0.4, -0.2) is 14.7 Å². The topological polar surface area (TPSA) is 60.2 Å². The van der Waals surface area contributed by atoms with Crippen molar-refractivity contribution in [3.8, 4) is 0 Å². The summed E-state index contributed by atoms with van der Waals surface area (Å²) in [5.41, 5.74) is 8.04. The van der Waals surface area contributed by atoms with Crippen LogP contribution in [0.5, 0.6) is 0 Å². The molecule has 0 fully saturated rings. The minimum Gasteiger partial charge on any atom is -0.320 e. The van der Waals surface area contributed by atoms with Gasteiger partial charge in [-0.25, -0.2) is 8.42 Å². The zero-order valence-electron chi connectivity index (χ0n) is 9.63. The quantitative estimate of drug-likeness (QED) is 0.930. The molecule has 96 valence electrons. The Morgan fingerprint density at radius 2 is 1.83 bits per heavy atom. The summed E-state index contributed by atoms with van der Waals surface area (Å²) in [4.78, 5) is 0.308. The van der Waals surface area contributed by atoms with Gasteiger partial charge in [-0.3, -0.25) is 0 Å². The summed E-state index contributed by atoms with van der Waals surface area (Å²) >= 11 is 5.02. The van der Waals surface area contributed by atoms with E-state index in [4.69, 9.17) is 5.73 Å². The molecule has 3 nitrogen and oxygen atoms in total. The van der Waals surface area contributed by atoms with Crippen LogP contribution in [0.25, 0.3) is 0 Å². The molecule has 0 saturated carbocycles. The molecule has 2 rings (SSSR count). The monoisotopic (exact) mass is 345 g/mol. The fourth-order valence-corrected chi connectivity index (χ4v) is 3.83. The summed E-state index contributed by atoms with van der Waals surface area (Å²) in [6.45, 7) is 0. The number of thiophene rings is 1. The van der Waals surface area contributed by atoms with E-state index in [-0.39, 0.29) is 6.04 Å². The van der Waals surface area contributed by atoms with Gasteiger partial charge in [-0.15, -0.1) is 0 Å². The third-order valence-electron chi connectivity index (χ3n) is 2.64. The van der Waals surface area contributed by atoms with Crippen molar-refractivity contribution in [2.45, 2.75) is 10.9 Å². The van der Waals surface area contributed by atoms with Crippen LogP contribution in [0.2, 0.25) is 0 Å². The van der Waals surface area contributed by atoms with E-state index >= 15 is 0 Å². The summed E-state index contributed by atoms with van der Waals surface area (Å²) in [6, 6.07) is 6.44. The molecule has 0 aliphatic rings. The van der Waals surface area contributed by atoms with Crippen molar-refractivity contribution in [1.82, 2.24) is 0 Å². The molecule has 0 aliphatic carbocycles. The summed E-state index contributed by atoms with van der Waals surface area (Å²) in [7, 11) is -3.16. The highest BCUT2D eigenvalue weighted by Crippen LogP contribution is 2.30. The molecule has 1 atom stereocenters. The Labute approximate surface area is 119 Å². The van der Waals surface area contributed by atoms with Crippen LogP contribution in [0.4, 0.5) is 0 Å².